The van der Waals surface area contributed by atoms with Crippen LogP contribution in [0.25, 0.3) is 10.8 Å². The van der Waals surface area contributed by atoms with Crippen LogP contribution in [-0.4, -0.2) is 17.6 Å². The van der Waals surface area contributed by atoms with Crippen molar-refractivity contribution in [1.82, 2.24) is 0 Å². The molecule has 0 spiro atoms. The van der Waals surface area contributed by atoms with Gasteiger partial charge in [0, 0.05) is 13.7 Å². The normalized spacial score (nSPS) is 29.0. The summed E-state index contributed by atoms with van der Waals surface area (Å²) in [4.78, 5) is 24.2. The molecular formula is C19H21NO2. The van der Waals surface area contributed by atoms with Gasteiger partial charge in [0.1, 0.15) is 12.1 Å². The van der Waals surface area contributed by atoms with Gasteiger partial charge in [-0.15, -0.1) is 0 Å². The lowest BCUT2D eigenvalue weighted by Gasteiger charge is -2.35. The van der Waals surface area contributed by atoms with Crippen LogP contribution in [0.4, 0.5) is 0 Å². The first-order chi connectivity index (χ1) is 11.0. The zero-order valence-corrected chi connectivity index (χ0v) is 12.5. The summed E-state index contributed by atoms with van der Waals surface area (Å²) in [5.74, 6) is -1.78. The number of carbonyl (C=O) groups excluding carboxylic acids is 2. The minimum absolute atomic E-state index is 0.140. The van der Waals surface area contributed by atoms with Gasteiger partial charge in [-0.2, -0.15) is 0 Å². The van der Waals surface area contributed by atoms with Crippen molar-refractivity contribution in [2.75, 3.05) is 0 Å². The first-order valence-electron chi connectivity index (χ1n) is 8.25. The van der Waals surface area contributed by atoms with Gasteiger partial charge in [0.05, 0.1) is 5.54 Å². The molecular weight excluding hydrogens is 274 g/mol. The quantitative estimate of drug-likeness (QED) is 0.882. The standard InChI is InChI=1S/C19H21NO2/c20-19(13-21)10-4-3-7-17(19)18(22)12-14-8-9-15-5-1-2-6-16(15)11-14/h1-2,5-6,8-9,11,13,17H,3-4,7,10,12,20H2/i17D. The second-order valence-corrected chi connectivity index (χ2v) is 6.13. The lowest BCUT2D eigenvalue weighted by atomic mass is 9.71. The van der Waals surface area contributed by atoms with Crippen molar-refractivity contribution in [3.63, 3.8) is 0 Å². The molecule has 3 heteroatoms. The van der Waals surface area contributed by atoms with Crippen LogP contribution in [0.5, 0.6) is 0 Å². The topological polar surface area (TPSA) is 60.2 Å². The van der Waals surface area contributed by atoms with Crippen molar-refractivity contribution in [3.8, 4) is 0 Å². The fourth-order valence-electron chi connectivity index (χ4n) is 3.27. The van der Waals surface area contributed by atoms with Crippen LogP contribution in [0, 0.1) is 5.89 Å². The molecule has 2 N–H and O–H groups in total. The smallest absolute Gasteiger partial charge is 0.142 e. The van der Waals surface area contributed by atoms with Crippen LogP contribution in [0.3, 0.4) is 0 Å². The van der Waals surface area contributed by atoms with E-state index >= 15 is 0 Å². The molecule has 1 aliphatic rings. The van der Waals surface area contributed by atoms with E-state index < -0.39 is 11.4 Å². The minimum atomic E-state index is -1.52. The van der Waals surface area contributed by atoms with Crippen molar-refractivity contribution in [3.05, 3.63) is 48.0 Å². The second-order valence-electron chi connectivity index (χ2n) is 6.13. The second kappa shape index (κ2) is 6.01. The molecule has 0 radical (unpaired) electrons. The molecule has 0 amide bonds. The van der Waals surface area contributed by atoms with Gasteiger partial charge >= 0.3 is 0 Å². The Morgan fingerprint density at radius 2 is 2.05 bits per heavy atom. The van der Waals surface area contributed by atoms with Gasteiger partial charge in [-0.1, -0.05) is 55.3 Å². The number of fused-ring (bicyclic) bond motifs is 1. The first-order valence-corrected chi connectivity index (χ1v) is 7.75. The molecule has 0 saturated heterocycles. The maximum absolute atomic E-state index is 12.8. The van der Waals surface area contributed by atoms with Crippen LogP contribution >= 0.6 is 0 Å². The van der Waals surface area contributed by atoms with Crippen LogP contribution in [-0.2, 0) is 16.0 Å². The van der Waals surface area contributed by atoms with Crippen molar-refractivity contribution < 1.29 is 11.0 Å². The lowest BCUT2D eigenvalue weighted by Crippen LogP contribution is -2.54. The highest BCUT2D eigenvalue weighted by molar-refractivity contribution is 5.90. The summed E-state index contributed by atoms with van der Waals surface area (Å²) >= 11 is 0. The molecule has 2 aromatic carbocycles. The average molecular weight is 296 g/mol. The molecule has 3 rings (SSSR count). The predicted molar refractivity (Wildman–Crippen MR) is 87.6 cm³/mol. The highest BCUT2D eigenvalue weighted by Gasteiger charge is 2.41. The lowest BCUT2D eigenvalue weighted by molar-refractivity contribution is -0.130. The van der Waals surface area contributed by atoms with E-state index in [-0.39, 0.29) is 12.2 Å². The van der Waals surface area contributed by atoms with E-state index in [9.17, 15) is 9.59 Å². The van der Waals surface area contributed by atoms with Gasteiger partial charge in [0.15, 0.2) is 0 Å². The summed E-state index contributed by atoms with van der Waals surface area (Å²) in [6.07, 6.45) is 3.07. The van der Waals surface area contributed by atoms with E-state index in [0.29, 0.717) is 19.1 Å². The number of carbonyl (C=O) groups is 2. The molecule has 2 aromatic rings. The van der Waals surface area contributed by atoms with Gasteiger partial charge in [0.2, 0.25) is 0 Å². The van der Waals surface area contributed by atoms with E-state index in [4.69, 9.17) is 7.10 Å². The van der Waals surface area contributed by atoms with Crippen molar-refractivity contribution in [1.29, 1.82) is 0 Å². The first kappa shape index (κ1) is 13.6. The van der Waals surface area contributed by atoms with E-state index in [1.165, 1.54) is 0 Å². The number of hydrogen-bond acceptors (Lipinski definition) is 3. The Labute approximate surface area is 131 Å². The van der Waals surface area contributed by atoms with E-state index in [2.05, 4.69) is 0 Å². The largest absolute Gasteiger partial charge is 0.319 e. The molecule has 2 atom stereocenters. The third-order valence-electron chi connectivity index (χ3n) is 4.55. The highest BCUT2D eigenvalue weighted by Crippen LogP contribution is 2.32. The van der Waals surface area contributed by atoms with E-state index in [1.54, 1.807) is 0 Å². The SMILES string of the molecule is [2H]C1(C(=O)Cc2ccc3ccccc3c2)CCCCC1(N)C=O. The maximum Gasteiger partial charge on any atom is 0.142 e. The van der Waals surface area contributed by atoms with Crippen LogP contribution < -0.4 is 5.73 Å². The van der Waals surface area contributed by atoms with Crippen molar-refractivity contribution in [2.24, 2.45) is 11.6 Å². The summed E-state index contributed by atoms with van der Waals surface area (Å²) in [5.41, 5.74) is 5.60. The Morgan fingerprint density at radius 1 is 1.27 bits per heavy atom. The molecule has 1 fully saturated rings. The van der Waals surface area contributed by atoms with E-state index in [1.807, 2.05) is 42.5 Å². The molecule has 0 heterocycles. The molecule has 1 saturated carbocycles. The molecule has 0 aromatic heterocycles. The number of ketones is 1. The molecule has 1 aliphatic carbocycles. The number of nitrogens with two attached hydrogens (primary N) is 1. The monoisotopic (exact) mass is 296 g/mol. The Kier molecular flexibility index (Phi) is 3.73. The number of rotatable bonds is 4. The minimum Gasteiger partial charge on any atom is -0.319 e. The summed E-state index contributed by atoms with van der Waals surface area (Å²) in [7, 11) is 0. The maximum atomic E-state index is 12.8. The van der Waals surface area contributed by atoms with Crippen LogP contribution in [0.15, 0.2) is 42.5 Å². The van der Waals surface area contributed by atoms with Gasteiger partial charge in [0.25, 0.3) is 0 Å². The summed E-state index contributed by atoms with van der Waals surface area (Å²) < 4.78 is 8.59. The number of aldehydes is 1. The molecule has 3 nitrogen and oxygen atoms in total. The van der Waals surface area contributed by atoms with Gasteiger partial charge < -0.3 is 10.5 Å². The third kappa shape index (κ3) is 2.81. The third-order valence-corrected chi connectivity index (χ3v) is 4.55. The molecule has 2 unspecified atom stereocenters. The number of benzene rings is 2. The Bertz CT molecular complexity index is 760. The molecule has 22 heavy (non-hydrogen) atoms. The van der Waals surface area contributed by atoms with E-state index in [0.717, 1.165) is 29.2 Å². The van der Waals surface area contributed by atoms with Crippen LogP contribution in [0.2, 0.25) is 0 Å². The summed E-state index contributed by atoms with van der Waals surface area (Å²) in [6, 6.07) is 13.8. The fraction of sp³-hybridized carbons (Fsp3) is 0.368. The Morgan fingerprint density at radius 3 is 2.82 bits per heavy atom. The molecule has 0 bridgehead atoms. The zero-order chi connectivity index (χ0) is 16.5. The fourth-order valence-corrected chi connectivity index (χ4v) is 3.27. The summed E-state index contributed by atoms with van der Waals surface area (Å²) in [6.45, 7) is 0. The van der Waals surface area contributed by atoms with Gasteiger partial charge in [-0.25, -0.2) is 0 Å². The van der Waals surface area contributed by atoms with Gasteiger partial charge in [-0.3, -0.25) is 4.79 Å². The Hall–Kier alpha value is -2.00. The van der Waals surface area contributed by atoms with Crippen LogP contribution in [0.1, 0.15) is 32.6 Å². The molecule has 114 valence electrons. The zero-order valence-electron chi connectivity index (χ0n) is 13.5. The molecule has 0 aliphatic heterocycles. The van der Waals surface area contributed by atoms with Crippen molar-refractivity contribution >= 4 is 22.8 Å². The van der Waals surface area contributed by atoms with Crippen molar-refractivity contribution in [2.45, 2.75) is 37.6 Å². The summed E-state index contributed by atoms with van der Waals surface area (Å²) in [5, 5.41) is 2.18. The number of hydrogen-bond donors (Lipinski definition) is 1. The Balaban J connectivity index is 1.88. The highest BCUT2D eigenvalue weighted by atomic mass is 16.1. The predicted octanol–water partition coefficient (Wildman–Crippen LogP) is 3.04. The number of Topliss-reactive ketones (excluding diaryl/α,β-unsaturated/α-hetero) is 1. The average Bonchev–Trinajstić information content (AvgIpc) is 2.57. The van der Waals surface area contributed by atoms with Gasteiger partial charge in [-0.05, 0) is 29.2 Å².